The Morgan fingerprint density at radius 3 is 2.89 bits per heavy atom. The van der Waals surface area contributed by atoms with E-state index in [1.807, 2.05) is 12.5 Å². The standard InChI is InChI=1S/C15H19IN2/c16-14-8-7-13-10-17-11-18(13)15(14)9-6-12-4-2-1-3-5-12/h7-8,10-12H,1-6,9H2. The van der Waals surface area contributed by atoms with E-state index in [0.717, 1.165) is 5.92 Å². The zero-order valence-electron chi connectivity index (χ0n) is 10.6. The van der Waals surface area contributed by atoms with Crippen molar-refractivity contribution in [3.63, 3.8) is 0 Å². The zero-order chi connectivity index (χ0) is 12.4. The van der Waals surface area contributed by atoms with E-state index in [4.69, 9.17) is 0 Å². The first-order valence-corrected chi connectivity index (χ1v) is 8.02. The Balaban J connectivity index is 1.76. The van der Waals surface area contributed by atoms with Crippen molar-refractivity contribution in [2.45, 2.75) is 44.9 Å². The van der Waals surface area contributed by atoms with E-state index in [-0.39, 0.29) is 0 Å². The number of aromatic nitrogens is 2. The fraction of sp³-hybridized carbons (Fsp3) is 0.533. The molecule has 3 rings (SSSR count). The fourth-order valence-electron chi connectivity index (χ4n) is 3.08. The van der Waals surface area contributed by atoms with Crippen molar-refractivity contribution in [1.29, 1.82) is 0 Å². The molecule has 1 fully saturated rings. The molecule has 0 aromatic carbocycles. The predicted octanol–water partition coefficient (Wildman–Crippen LogP) is 4.45. The van der Waals surface area contributed by atoms with Gasteiger partial charge in [0.1, 0.15) is 0 Å². The molecule has 0 atom stereocenters. The average Bonchev–Trinajstić information content (AvgIpc) is 2.87. The van der Waals surface area contributed by atoms with Gasteiger partial charge >= 0.3 is 0 Å². The summed E-state index contributed by atoms with van der Waals surface area (Å²) in [6, 6.07) is 4.37. The number of nitrogens with zero attached hydrogens (tertiary/aromatic N) is 2. The van der Waals surface area contributed by atoms with E-state index >= 15 is 0 Å². The molecule has 2 heterocycles. The largest absolute Gasteiger partial charge is 0.302 e. The maximum absolute atomic E-state index is 4.26. The minimum atomic E-state index is 0.952. The molecule has 96 valence electrons. The van der Waals surface area contributed by atoms with Gasteiger partial charge in [-0.05, 0) is 53.5 Å². The molecule has 0 saturated heterocycles. The number of aryl methyl sites for hydroxylation is 1. The van der Waals surface area contributed by atoms with Crippen LogP contribution >= 0.6 is 22.6 Å². The maximum Gasteiger partial charge on any atom is 0.0994 e. The topological polar surface area (TPSA) is 17.3 Å². The van der Waals surface area contributed by atoms with Crippen LogP contribution in [0.25, 0.3) is 5.52 Å². The van der Waals surface area contributed by atoms with Gasteiger partial charge < -0.3 is 4.40 Å². The lowest BCUT2D eigenvalue weighted by Crippen LogP contribution is -2.09. The Labute approximate surface area is 122 Å². The molecule has 0 spiro atoms. The quantitative estimate of drug-likeness (QED) is 0.745. The first-order chi connectivity index (χ1) is 8.84. The van der Waals surface area contributed by atoms with Crippen LogP contribution in [-0.2, 0) is 6.42 Å². The van der Waals surface area contributed by atoms with Gasteiger partial charge in [-0.1, -0.05) is 32.1 Å². The van der Waals surface area contributed by atoms with E-state index in [1.54, 1.807) is 0 Å². The Hall–Kier alpha value is -0.580. The van der Waals surface area contributed by atoms with Crippen LogP contribution in [-0.4, -0.2) is 9.38 Å². The molecular weight excluding hydrogens is 335 g/mol. The van der Waals surface area contributed by atoms with Crippen LogP contribution < -0.4 is 0 Å². The molecule has 1 saturated carbocycles. The molecule has 0 amide bonds. The van der Waals surface area contributed by atoms with E-state index in [0.29, 0.717) is 0 Å². The summed E-state index contributed by atoms with van der Waals surface area (Å²) in [4.78, 5) is 4.26. The van der Waals surface area contributed by atoms with Crippen LogP contribution in [0.5, 0.6) is 0 Å². The van der Waals surface area contributed by atoms with Crippen molar-refractivity contribution in [2.24, 2.45) is 5.92 Å². The number of rotatable bonds is 3. The average molecular weight is 354 g/mol. The third kappa shape index (κ3) is 2.56. The van der Waals surface area contributed by atoms with Gasteiger partial charge in [-0.3, -0.25) is 0 Å². The van der Waals surface area contributed by atoms with Crippen LogP contribution in [0.15, 0.2) is 24.7 Å². The highest BCUT2D eigenvalue weighted by Gasteiger charge is 2.14. The second-order valence-electron chi connectivity index (χ2n) is 5.36. The normalized spacial score (nSPS) is 17.4. The third-order valence-corrected chi connectivity index (χ3v) is 5.13. The van der Waals surface area contributed by atoms with Gasteiger partial charge in [0.05, 0.1) is 18.0 Å². The first-order valence-electron chi connectivity index (χ1n) is 6.94. The van der Waals surface area contributed by atoms with E-state index in [1.165, 1.54) is 59.7 Å². The Kier molecular flexibility index (Phi) is 3.87. The molecule has 0 bridgehead atoms. The van der Waals surface area contributed by atoms with Crippen molar-refractivity contribution >= 4 is 28.1 Å². The summed E-state index contributed by atoms with van der Waals surface area (Å²) in [5.74, 6) is 0.952. The second-order valence-corrected chi connectivity index (χ2v) is 6.52. The summed E-state index contributed by atoms with van der Waals surface area (Å²) in [7, 11) is 0. The highest BCUT2D eigenvalue weighted by Crippen LogP contribution is 2.28. The molecule has 2 aromatic rings. The molecule has 2 aromatic heterocycles. The van der Waals surface area contributed by atoms with Crippen molar-refractivity contribution in [1.82, 2.24) is 9.38 Å². The Morgan fingerprint density at radius 1 is 1.22 bits per heavy atom. The molecular formula is C15H19IN2. The number of fused-ring (bicyclic) bond motifs is 1. The van der Waals surface area contributed by atoms with Gasteiger partial charge in [-0.25, -0.2) is 4.98 Å². The molecule has 18 heavy (non-hydrogen) atoms. The zero-order valence-corrected chi connectivity index (χ0v) is 12.8. The highest BCUT2D eigenvalue weighted by molar-refractivity contribution is 14.1. The molecule has 0 radical (unpaired) electrons. The lowest BCUT2D eigenvalue weighted by molar-refractivity contribution is 0.338. The van der Waals surface area contributed by atoms with Gasteiger partial charge in [0.15, 0.2) is 0 Å². The summed E-state index contributed by atoms with van der Waals surface area (Å²) in [6.07, 6.45) is 13.6. The lowest BCUT2D eigenvalue weighted by Gasteiger charge is -2.21. The summed E-state index contributed by atoms with van der Waals surface area (Å²) >= 11 is 2.45. The van der Waals surface area contributed by atoms with Crippen LogP contribution in [0.3, 0.4) is 0 Å². The molecule has 1 aliphatic rings. The van der Waals surface area contributed by atoms with E-state index in [9.17, 15) is 0 Å². The summed E-state index contributed by atoms with van der Waals surface area (Å²) in [6.45, 7) is 0. The second kappa shape index (κ2) is 5.59. The van der Waals surface area contributed by atoms with E-state index < -0.39 is 0 Å². The van der Waals surface area contributed by atoms with Crippen LogP contribution in [0, 0.1) is 9.49 Å². The van der Waals surface area contributed by atoms with Crippen molar-refractivity contribution < 1.29 is 0 Å². The molecule has 1 aliphatic carbocycles. The molecule has 0 aliphatic heterocycles. The van der Waals surface area contributed by atoms with Gasteiger partial charge in [-0.15, -0.1) is 0 Å². The minimum Gasteiger partial charge on any atom is -0.302 e. The highest BCUT2D eigenvalue weighted by atomic mass is 127. The fourth-order valence-corrected chi connectivity index (χ4v) is 3.79. The number of hydrogen-bond donors (Lipinski definition) is 0. The molecule has 3 heteroatoms. The van der Waals surface area contributed by atoms with Crippen LogP contribution in [0.1, 0.15) is 44.2 Å². The van der Waals surface area contributed by atoms with Crippen molar-refractivity contribution in [3.8, 4) is 0 Å². The summed E-state index contributed by atoms with van der Waals surface area (Å²) in [5, 5.41) is 0. The van der Waals surface area contributed by atoms with Crippen molar-refractivity contribution in [2.75, 3.05) is 0 Å². The smallest absolute Gasteiger partial charge is 0.0994 e. The minimum absolute atomic E-state index is 0.952. The first kappa shape index (κ1) is 12.5. The van der Waals surface area contributed by atoms with Gasteiger partial charge in [0.2, 0.25) is 0 Å². The number of pyridine rings is 1. The molecule has 2 nitrogen and oxygen atoms in total. The predicted molar refractivity (Wildman–Crippen MR) is 82.8 cm³/mol. The maximum atomic E-state index is 4.26. The third-order valence-electron chi connectivity index (χ3n) is 4.15. The molecule has 0 unspecified atom stereocenters. The Morgan fingerprint density at radius 2 is 2.06 bits per heavy atom. The van der Waals surface area contributed by atoms with Crippen LogP contribution in [0.4, 0.5) is 0 Å². The summed E-state index contributed by atoms with van der Waals surface area (Å²) < 4.78 is 3.62. The number of imidazole rings is 1. The lowest BCUT2D eigenvalue weighted by atomic mass is 9.86. The van der Waals surface area contributed by atoms with Crippen LogP contribution in [0.2, 0.25) is 0 Å². The molecule has 0 N–H and O–H groups in total. The monoisotopic (exact) mass is 354 g/mol. The van der Waals surface area contributed by atoms with E-state index in [2.05, 4.69) is 44.1 Å². The number of halogens is 1. The number of hydrogen-bond acceptors (Lipinski definition) is 1. The van der Waals surface area contributed by atoms with Gasteiger partial charge in [-0.2, -0.15) is 0 Å². The van der Waals surface area contributed by atoms with Gasteiger partial charge in [0, 0.05) is 9.26 Å². The van der Waals surface area contributed by atoms with Crippen molar-refractivity contribution in [3.05, 3.63) is 33.9 Å². The summed E-state index contributed by atoms with van der Waals surface area (Å²) in [5.41, 5.74) is 2.66. The van der Waals surface area contributed by atoms with Gasteiger partial charge in [0.25, 0.3) is 0 Å². The SMILES string of the molecule is Ic1ccc2cncn2c1CCC1CCCCC1. The Bertz CT molecular complexity index is 526.